The van der Waals surface area contributed by atoms with Crippen LogP contribution in [0.25, 0.3) is 11.1 Å². The van der Waals surface area contributed by atoms with Crippen molar-refractivity contribution in [2.45, 2.75) is 0 Å². The summed E-state index contributed by atoms with van der Waals surface area (Å²) in [5.41, 5.74) is -1.83. The van der Waals surface area contributed by atoms with Gasteiger partial charge in [0, 0.05) is 10.6 Å². The van der Waals surface area contributed by atoms with Crippen LogP contribution in [0, 0.1) is 0 Å². The zero-order valence-electron chi connectivity index (χ0n) is 16.3. The first-order chi connectivity index (χ1) is 15.5. The van der Waals surface area contributed by atoms with Gasteiger partial charge in [-0.25, -0.2) is 14.4 Å². The number of carboxylic acid groups (broad SMARTS) is 3. The number of anilines is 1. The van der Waals surface area contributed by atoms with Crippen molar-refractivity contribution in [3.05, 3.63) is 80.8 Å². The van der Waals surface area contributed by atoms with Gasteiger partial charge < -0.3 is 25.7 Å². The Morgan fingerprint density at radius 3 is 1.82 bits per heavy atom. The fourth-order valence-corrected chi connectivity index (χ4v) is 3.48. The molecule has 0 saturated carbocycles. The van der Waals surface area contributed by atoms with Crippen molar-refractivity contribution in [1.82, 2.24) is 0 Å². The van der Waals surface area contributed by atoms with E-state index in [4.69, 9.17) is 28.3 Å². The predicted molar refractivity (Wildman–Crippen MR) is 119 cm³/mol. The minimum atomic E-state index is -1.64. The second kappa shape index (κ2) is 9.19. The predicted octanol–water partition coefficient (Wildman–Crippen LogP) is 4.71. The summed E-state index contributed by atoms with van der Waals surface area (Å²) >= 11 is 12.3. The number of amides is 1. The van der Waals surface area contributed by atoms with E-state index in [-0.39, 0.29) is 16.3 Å². The summed E-state index contributed by atoms with van der Waals surface area (Å²) in [4.78, 5) is 47.4. The van der Waals surface area contributed by atoms with Gasteiger partial charge >= 0.3 is 17.9 Å². The van der Waals surface area contributed by atoms with Gasteiger partial charge in [-0.1, -0.05) is 41.4 Å². The maximum atomic E-state index is 12.9. The number of rotatable bonds is 6. The van der Waals surface area contributed by atoms with Crippen LogP contribution in [0.1, 0.15) is 41.4 Å². The highest BCUT2D eigenvalue weighted by atomic mass is 35.5. The SMILES string of the molecule is O=C(O)c1cc(C(=O)O)c(C(=O)Nc2c(C(=O)O)ccc(-c3ccc(Cl)cc3)c2Cl)cc1O. The van der Waals surface area contributed by atoms with Crippen LogP contribution < -0.4 is 5.32 Å². The number of aromatic carboxylic acids is 3. The smallest absolute Gasteiger partial charge is 0.339 e. The lowest BCUT2D eigenvalue weighted by Gasteiger charge is -2.15. The van der Waals surface area contributed by atoms with Gasteiger partial charge in [-0.3, -0.25) is 4.79 Å². The summed E-state index contributed by atoms with van der Waals surface area (Å²) in [5, 5.41) is 40.5. The highest BCUT2D eigenvalue weighted by Gasteiger charge is 2.25. The van der Waals surface area contributed by atoms with E-state index in [9.17, 15) is 34.5 Å². The first-order valence-corrected chi connectivity index (χ1v) is 9.73. The Morgan fingerprint density at radius 1 is 0.697 bits per heavy atom. The molecule has 0 bridgehead atoms. The van der Waals surface area contributed by atoms with E-state index in [1.807, 2.05) is 0 Å². The highest BCUT2D eigenvalue weighted by molar-refractivity contribution is 6.37. The summed E-state index contributed by atoms with van der Waals surface area (Å²) in [6.07, 6.45) is 0. The molecular weight excluding hydrogens is 477 g/mol. The standard InChI is InChI=1S/C22H13Cl2NO8/c23-10-3-1-9(2-4-10)11-5-6-12(20(28)29)18(17(11)24)25-19(27)13-8-16(26)15(22(32)33)7-14(13)21(30)31/h1-8,26H,(H,25,27)(H,28,29)(H,30,31)(H,32,33). The zero-order chi connectivity index (χ0) is 24.4. The molecule has 3 aromatic rings. The number of carbonyl (C=O) groups is 4. The molecule has 0 atom stereocenters. The number of benzene rings is 3. The largest absolute Gasteiger partial charge is 0.507 e. The van der Waals surface area contributed by atoms with Gasteiger partial charge in [-0.05, 0) is 35.9 Å². The molecule has 9 nitrogen and oxygen atoms in total. The highest BCUT2D eigenvalue weighted by Crippen LogP contribution is 2.37. The molecule has 0 heterocycles. The molecule has 0 spiro atoms. The van der Waals surface area contributed by atoms with Gasteiger partial charge in [0.25, 0.3) is 5.91 Å². The van der Waals surface area contributed by atoms with E-state index in [0.29, 0.717) is 28.3 Å². The van der Waals surface area contributed by atoms with Gasteiger partial charge in [0.1, 0.15) is 11.3 Å². The fourth-order valence-electron chi connectivity index (χ4n) is 3.03. The molecule has 0 aromatic heterocycles. The van der Waals surface area contributed by atoms with Crippen LogP contribution in [0.3, 0.4) is 0 Å². The summed E-state index contributed by atoms with van der Waals surface area (Å²) in [6.45, 7) is 0. The Labute approximate surface area is 195 Å². The van der Waals surface area contributed by atoms with Gasteiger partial charge in [-0.2, -0.15) is 0 Å². The van der Waals surface area contributed by atoms with Gasteiger partial charge in [-0.15, -0.1) is 0 Å². The van der Waals surface area contributed by atoms with Crippen molar-refractivity contribution in [2.75, 3.05) is 5.32 Å². The van der Waals surface area contributed by atoms with Crippen molar-refractivity contribution >= 4 is 52.7 Å². The average Bonchev–Trinajstić information content (AvgIpc) is 2.74. The maximum absolute atomic E-state index is 12.9. The Morgan fingerprint density at radius 2 is 1.27 bits per heavy atom. The molecule has 0 radical (unpaired) electrons. The summed E-state index contributed by atoms with van der Waals surface area (Å²) in [6, 6.07) is 10.3. The normalized spacial score (nSPS) is 10.5. The van der Waals surface area contributed by atoms with E-state index in [2.05, 4.69) is 5.32 Å². The van der Waals surface area contributed by atoms with E-state index >= 15 is 0 Å². The van der Waals surface area contributed by atoms with Crippen molar-refractivity contribution < 1.29 is 39.6 Å². The zero-order valence-corrected chi connectivity index (χ0v) is 17.8. The third kappa shape index (κ3) is 4.74. The number of hydrogen-bond donors (Lipinski definition) is 5. The molecule has 5 N–H and O–H groups in total. The van der Waals surface area contributed by atoms with Gasteiger partial charge in [0.05, 0.1) is 27.4 Å². The van der Waals surface area contributed by atoms with Crippen LogP contribution in [0.4, 0.5) is 5.69 Å². The van der Waals surface area contributed by atoms with Crippen molar-refractivity contribution in [3.63, 3.8) is 0 Å². The molecular formula is C22H13Cl2NO8. The van der Waals surface area contributed by atoms with Crippen LogP contribution in [-0.2, 0) is 0 Å². The number of phenols is 1. The number of hydrogen-bond acceptors (Lipinski definition) is 5. The maximum Gasteiger partial charge on any atom is 0.339 e. The molecule has 0 aliphatic heterocycles. The van der Waals surface area contributed by atoms with Crippen molar-refractivity contribution in [2.24, 2.45) is 0 Å². The van der Waals surface area contributed by atoms with Gasteiger partial charge in [0.2, 0.25) is 0 Å². The second-order valence-electron chi connectivity index (χ2n) is 6.64. The molecule has 33 heavy (non-hydrogen) atoms. The molecule has 0 saturated heterocycles. The summed E-state index contributed by atoms with van der Waals surface area (Å²) < 4.78 is 0. The number of nitrogens with one attached hydrogen (secondary N) is 1. The molecule has 0 unspecified atom stereocenters. The van der Waals surface area contributed by atoms with Crippen LogP contribution in [0.5, 0.6) is 5.75 Å². The Bertz CT molecular complexity index is 1320. The lowest BCUT2D eigenvalue weighted by atomic mass is 10.00. The molecule has 1 amide bonds. The lowest BCUT2D eigenvalue weighted by molar-refractivity contribution is 0.0679. The number of carboxylic acids is 3. The monoisotopic (exact) mass is 489 g/mol. The molecule has 11 heteroatoms. The quantitative estimate of drug-likeness (QED) is 0.332. The first kappa shape index (κ1) is 23.6. The first-order valence-electron chi connectivity index (χ1n) is 8.98. The van der Waals surface area contributed by atoms with Crippen LogP contribution in [0.2, 0.25) is 10.0 Å². The second-order valence-corrected chi connectivity index (χ2v) is 7.46. The molecule has 3 aromatic carbocycles. The molecule has 168 valence electrons. The summed E-state index contributed by atoms with van der Waals surface area (Å²) in [5.74, 6) is -6.64. The van der Waals surface area contributed by atoms with Crippen molar-refractivity contribution in [3.8, 4) is 16.9 Å². The molecule has 0 aliphatic rings. The minimum absolute atomic E-state index is 0.145. The third-order valence-electron chi connectivity index (χ3n) is 4.61. The van der Waals surface area contributed by atoms with E-state index in [0.717, 1.165) is 0 Å². The number of carbonyl (C=O) groups excluding carboxylic acids is 1. The Kier molecular flexibility index (Phi) is 6.57. The lowest BCUT2D eigenvalue weighted by Crippen LogP contribution is -2.19. The van der Waals surface area contributed by atoms with Crippen LogP contribution >= 0.6 is 23.2 Å². The fraction of sp³-hybridized carbons (Fsp3) is 0. The Balaban J connectivity index is 2.13. The van der Waals surface area contributed by atoms with E-state index in [1.54, 1.807) is 24.3 Å². The van der Waals surface area contributed by atoms with Crippen molar-refractivity contribution in [1.29, 1.82) is 0 Å². The van der Waals surface area contributed by atoms with E-state index < -0.39 is 46.3 Å². The molecule has 0 aliphatic carbocycles. The third-order valence-corrected chi connectivity index (χ3v) is 5.25. The van der Waals surface area contributed by atoms with Crippen LogP contribution in [-0.4, -0.2) is 44.2 Å². The summed E-state index contributed by atoms with van der Waals surface area (Å²) in [7, 11) is 0. The van der Waals surface area contributed by atoms with E-state index in [1.165, 1.54) is 12.1 Å². The number of halogens is 2. The molecule has 0 fully saturated rings. The van der Waals surface area contributed by atoms with Gasteiger partial charge in [0.15, 0.2) is 0 Å². The number of aromatic hydroxyl groups is 1. The van der Waals surface area contributed by atoms with Crippen LogP contribution in [0.15, 0.2) is 48.5 Å². The average molecular weight is 490 g/mol. The molecule has 3 rings (SSSR count). The topological polar surface area (TPSA) is 161 Å². The Hall–Kier alpha value is -4.08. The minimum Gasteiger partial charge on any atom is -0.507 e.